The minimum atomic E-state index is -0.920. The van der Waals surface area contributed by atoms with Gasteiger partial charge < -0.3 is 20.9 Å². The predicted octanol–water partition coefficient (Wildman–Crippen LogP) is 2.15. The maximum Gasteiger partial charge on any atom is 0.263 e. The third kappa shape index (κ3) is 4.86. The number of nitrogens with one attached hydrogen (secondary N) is 1. The van der Waals surface area contributed by atoms with Gasteiger partial charge in [0.15, 0.2) is 23.1 Å². The first kappa shape index (κ1) is 24.2. The zero-order valence-corrected chi connectivity index (χ0v) is 21.4. The van der Waals surface area contributed by atoms with Crippen LogP contribution in [0.3, 0.4) is 0 Å². The molecule has 0 spiro atoms. The van der Waals surface area contributed by atoms with Crippen LogP contribution in [-0.2, 0) is 4.79 Å². The van der Waals surface area contributed by atoms with E-state index in [0.29, 0.717) is 32.0 Å². The zero-order valence-electron chi connectivity index (χ0n) is 22.4. The number of nitrogens with zero attached hydrogens (tertiary/aromatic N) is 7. The molecule has 3 aromatic rings. The molecule has 3 aliphatic rings. The van der Waals surface area contributed by atoms with Crippen molar-refractivity contribution in [2.45, 2.75) is 38.1 Å². The summed E-state index contributed by atoms with van der Waals surface area (Å²) >= 11 is 0. The number of carbonyl (C=O) groups is 2. The van der Waals surface area contributed by atoms with E-state index in [9.17, 15) is 14.0 Å². The normalized spacial score (nSPS) is 19.7. The second kappa shape index (κ2) is 10.4. The lowest BCUT2D eigenvalue weighted by Gasteiger charge is -2.44. The lowest BCUT2D eigenvalue weighted by molar-refractivity contribution is -0.138. The fourth-order valence-electron chi connectivity index (χ4n) is 5.79. The monoisotopic (exact) mass is 543 g/mol. The van der Waals surface area contributed by atoms with Gasteiger partial charge in [0.25, 0.3) is 5.91 Å². The Hall–Kier alpha value is -3.87. The highest BCUT2D eigenvalue weighted by Gasteiger charge is 2.34. The number of carbonyl (C=O) groups excluding carboxylic acids is 2. The molecule has 0 bridgehead atoms. The number of piperazine rings is 1. The average molecular weight is 544 g/mol. The molecular formula is C26H31F2N9O2. The molecule has 3 aromatic heterocycles. The summed E-state index contributed by atoms with van der Waals surface area (Å²) in [6.45, 7) is 4.21. The van der Waals surface area contributed by atoms with Crippen molar-refractivity contribution in [3.8, 4) is 0 Å². The van der Waals surface area contributed by atoms with E-state index < -0.39 is 23.7 Å². The Bertz CT molecular complexity index is 1450. The third-order valence-corrected chi connectivity index (χ3v) is 8.14. The highest BCUT2D eigenvalue weighted by Crippen LogP contribution is 2.33. The predicted molar refractivity (Wildman–Crippen MR) is 140 cm³/mol. The second-order valence-electron chi connectivity index (χ2n) is 10.4. The SMILES string of the molecule is [2H]c1nc2c([13C](=O)Nc3cncc(F)c3N3CCC(C(=O)N4CCN([13CH]5CCC5)CC4)CC3)[13c](N)nn2cc1F. The van der Waals surface area contributed by atoms with Crippen LogP contribution >= 0.6 is 0 Å². The third-order valence-electron chi connectivity index (χ3n) is 8.14. The quantitative estimate of drug-likeness (QED) is 0.469. The summed E-state index contributed by atoms with van der Waals surface area (Å²) < 4.78 is 37.4. The smallest absolute Gasteiger partial charge is 0.263 e. The van der Waals surface area contributed by atoms with E-state index in [0.717, 1.165) is 43.1 Å². The van der Waals surface area contributed by atoms with E-state index in [4.69, 9.17) is 7.10 Å². The highest BCUT2D eigenvalue weighted by molar-refractivity contribution is 6.12. The van der Waals surface area contributed by atoms with E-state index in [-0.39, 0.29) is 40.2 Å². The Morgan fingerprint density at radius 2 is 1.79 bits per heavy atom. The van der Waals surface area contributed by atoms with Crippen LogP contribution < -0.4 is 16.0 Å². The maximum atomic E-state index is 15.1. The van der Waals surface area contributed by atoms with Gasteiger partial charge in [0.2, 0.25) is 5.91 Å². The molecule has 0 aromatic carbocycles. The van der Waals surface area contributed by atoms with E-state index in [1.807, 2.05) is 4.90 Å². The van der Waals surface area contributed by atoms with Crippen LogP contribution in [0.1, 0.15) is 43.8 Å². The molecule has 6 rings (SSSR count). The Labute approximate surface area is 225 Å². The first-order valence-corrected chi connectivity index (χ1v) is 13.3. The van der Waals surface area contributed by atoms with Crippen molar-refractivity contribution in [2.75, 3.05) is 55.2 Å². The van der Waals surface area contributed by atoms with Crippen LogP contribution in [0.2, 0.25) is 0 Å². The molecule has 13 heteroatoms. The molecule has 2 saturated heterocycles. The molecule has 206 valence electrons. The van der Waals surface area contributed by atoms with Crippen molar-refractivity contribution in [1.82, 2.24) is 29.4 Å². The second-order valence-corrected chi connectivity index (χ2v) is 10.4. The highest BCUT2D eigenvalue weighted by atomic mass is 19.1. The lowest BCUT2D eigenvalue weighted by atomic mass is 9.94. The van der Waals surface area contributed by atoms with Gasteiger partial charge in [-0.1, -0.05) is 6.42 Å². The number of hydrogen-bond donors (Lipinski definition) is 2. The van der Waals surface area contributed by atoms with E-state index in [1.165, 1.54) is 25.5 Å². The van der Waals surface area contributed by atoms with Gasteiger partial charge in [0.05, 0.1) is 31.8 Å². The van der Waals surface area contributed by atoms with Gasteiger partial charge in [0.1, 0.15) is 11.3 Å². The van der Waals surface area contributed by atoms with Gasteiger partial charge >= 0.3 is 0 Å². The van der Waals surface area contributed by atoms with Crippen LogP contribution in [-0.4, -0.2) is 86.5 Å². The van der Waals surface area contributed by atoms with Crippen molar-refractivity contribution in [3.63, 3.8) is 0 Å². The summed E-state index contributed by atoms with van der Waals surface area (Å²) in [6, 6.07) is 0.684. The molecular weight excluding hydrogens is 511 g/mol. The number of fused-ring (bicyclic) bond motifs is 1. The van der Waals surface area contributed by atoms with Crippen LogP contribution in [0.4, 0.5) is 26.0 Å². The number of halogens is 2. The molecule has 2 amide bonds. The molecule has 0 atom stereocenters. The Balaban J connectivity index is 1.13. The zero-order chi connectivity index (χ0) is 28.0. The minimum absolute atomic E-state index is 0.0971. The van der Waals surface area contributed by atoms with Crippen molar-refractivity contribution < 1.29 is 19.7 Å². The standard InChI is InChI=1S/C26H31F2N9O2/c27-17-12-31-24-21(23(29)33-37(24)15-17)25(38)32-20-14-30-13-19(28)22(20)35-6-4-16(5-7-35)26(39)36-10-8-34(9-11-36)18-2-1-3-18/h12-16,18H,1-11H2,(H2,29,33)(H,32,38)/i12D,18+1,23+1,25+1. The van der Waals surface area contributed by atoms with Gasteiger partial charge in [-0.3, -0.25) is 19.5 Å². The van der Waals surface area contributed by atoms with Crippen LogP contribution in [0.25, 0.3) is 5.65 Å². The van der Waals surface area contributed by atoms with Crippen molar-refractivity contribution in [3.05, 3.63) is 42.0 Å². The number of nitrogens with two attached hydrogens (primary N) is 1. The van der Waals surface area contributed by atoms with Crippen molar-refractivity contribution >= 4 is 34.7 Å². The number of rotatable bonds is 5. The number of anilines is 3. The summed E-state index contributed by atoms with van der Waals surface area (Å²) in [7, 11) is 0. The fourth-order valence-corrected chi connectivity index (χ4v) is 5.79. The number of nitrogen functional groups attached to an aromatic ring is 1. The maximum absolute atomic E-state index is 15.1. The van der Waals surface area contributed by atoms with Crippen LogP contribution in [0.15, 0.2) is 24.8 Å². The molecule has 3 N–H and O–H groups in total. The van der Waals surface area contributed by atoms with Gasteiger partial charge in [-0.15, -0.1) is 5.10 Å². The van der Waals surface area contributed by atoms with Gasteiger partial charge in [-0.25, -0.2) is 18.3 Å². The van der Waals surface area contributed by atoms with Crippen molar-refractivity contribution in [2.24, 2.45) is 5.92 Å². The first-order chi connectivity index (χ1) is 19.3. The van der Waals surface area contributed by atoms with Crippen molar-refractivity contribution in [1.29, 1.82) is 0 Å². The number of aromatic nitrogens is 4. The average Bonchev–Trinajstić information content (AvgIpc) is 3.22. The number of pyridine rings is 1. The number of piperidine rings is 1. The summed E-state index contributed by atoms with van der Waals surface area (Å²) in [5.41, 5.74) is 5.93. The summed E-state index contributed by atoms with van der Waals surface area (Å²) in [5.74, 6) is -2.46. The van der Waals surface area contributed by atoms with E-state index >= 15 is 4.39 Å². The van der Waals surface area contributed by atoms with E-state index in [2.05, 4.69) is 25.3 Å². The molecule has 0 radical (unpaired) electrons. The van der Waals surface area contributed by atoms with Crippen LogP contribution in [0.5, 0.6) is 0 Å². The Morgan fingerprint density at radius 3 is 2.49 bits per heavy atom. The molecule has 1 saturated carbocycles. The fraction of sp³-hybridized carbons (Fsp3) is 0.500. The minimum Gasteiger partial charge on any atom is -0.381 e. The van der Waals surface area contributed by atoms with Crippen LogP contribution in [0, 0.1) is 17.6 Å². The summed E-state index contributed by atoms with van der Waals surface area (Å²) in [5, 5.41) is 6.54. The number of hydrogen-bond acceptors (Lipinski definition) is 8. The Morgan fingerprint density at radius 1 is 1.05 bits per heavy atom. The Kier molecular flexibility index (Phi) is 6.43. The van der Waals surface area contributed by atoms with Gasteiger partial charge in [0, 0.05) is 51.2 Å². The topological polar surface area (TPSA) is 125 Å². The first-order valence-electron chi connectivity index (χ1n) is 13.8. The summed E-state index contributed by atoms with van der Waals surface area (Å²) in [4.78, 5) is 40.4. The molecule has 1 aliphatic carbocycles. The van der Waals surface area contributed by atoms with Gasteiger partial charge in [-0.05, 0) is 25.7 Å². The molecule has 39 heavy (non-hydrogen) atoms. The van der Waals surface area contributed by atoms with E-state index in [1.54, 1.807) is 4.90 Å². The molecule has 5 heterocycles. The lowest BCUT2D eigenvalue weighted by Crippen LogP contribution is -2.55. The van der Waals surface area contributed by atoms with Gasteiger partial charge in [-0.2, -0.15) is 0 Å². The number of amides is 2. The molecule has 2 aliphatic heterocycles. The summed E-state index contributed by atoms with van der Waals surface area (Å²) in [6.07, 6.45) is 7.61. The molecule has 11 nitrogen and oxygen atoms in total. The molecule has 3 fully saturated rings. The molecule has 0 unspecified atom stereocenters. The largest absolute Gasteiger partial charge is 0.381 e.